The minimum absolute atomic E-state index is 0.471. The lowest BCUT2D eigenvalue weighted by Crippen LogP contribution is -2.46. The van der Waals surface area contributed by atoms with Crippen LogP contribution in [0.1, 0.15) is 46.0 Å². The third-order valence-corrected chi connectivity index (χ3v) is 6.24. The highest BCUT2D eigenvalue weighted by molar-refractivity contribution is 7.92. The number of carbonyl (C=O) groups is 2. The molecule has 1 rings (SSSR count). The summed E-state index contributed by atoms with van der Waals surface area (Å²) in [7, 11) is -3.50. The molecule has 20 heavy (non-hydrogen) atoms. The van der Waals surface area contributed by atoms with Gasteiger partial charge in [0.1, 0.15) is 6.04 Å². The van der Waals surface area contributed by atoms with Gasteiger partial charge >= 0.3 is 5.97 Å². The van der Waals surface area contributed by atoms with Crippen molar-refractivity contribution in [2.45, 2.75) is 57.2 Å². The molecule has 0 aromatic rings. The first-order valence-electron chi connectivity index (χ1n) is 6.97. The molecular formula is C13H23NO5S. The zero-order valence-electron chi connectivity index (χ0n) is 12.0. The Hall–Kier alpha value is -1.11. The Morgan fingerprint density at radius 2 is 1.80 bits per heavy atom. The smallest absolute Gasteiger partial charge is 0.327 e. The van der Waals surface area contributed by atoms with Crippen LogP contribution in [0.5, 0.6) is 0 Å². The molecule has 1 unspecified atom stereocenters. The fourth-order valence-electron chi connectivity index (χ4n) is 2.69. The highest BCUT2D eigenvalue weighted by Crippen LogP contribution is 2.30. The number of carboxylic acids is 1. The predicted molar refractivity (Wildman–Crippen MR) is 75.1 cm³/mol. The van der Waals surface area contributed by atoms with Crippen molar-refractivity contribution in [3.8, 4) is 0 Å². The predicted octanol–water partition coefficient (Wildman–Crippen LogP) is 0.959. The largest absolute Gasteiger partial charge is 0.480 e. The molecule has 0 bridgehead atoms. The van der Waals surface area contributed by atoms with Crippen LogP contribution < -0.4 is 5.32 Å². The summed E-state index contributed by atoms with van der Waals surface area (Å²) >= 11 is 0. The molecule has 1 aliphatic rings. The van der Waals surface area contributed by atoms with Gasteiger partial charge in [-0.2, -0.15) is 0 Å². The molecule has 0 aromatic heterocycles. The van der Waals surface area contributed by atoms with E-state index in [1.807, 2.05) is 0 Å². The number of aliphatic carboxylic acids is 1. The van der Waals surface area contributed by atoms with Crippen LogP contribution in [0.15, 0.2) is 0 Å². The second-order valence-corrected chi connectivity index (χ2v) is 7.80. The first kappa shape index (κ1) is 16.9. The quantitative estimate of drug-likeness (QED) is 0.761. The SMILES string of the molecule is CCC1CCC(S(=O)(=O)CC(NC(C)=O)C(=O)O)CC1. The van der Waals surface area contributed by atoms with Gasteiger partial charge in [-0.25, -0.2) is 13.2 Å². The van der Waals surface area contributed by atoms with E-state index < -0.39 is 38.8 Å². The number of carboxylic acid groups (broad SMARTS) is 1. The number of sulfone groups is 1. The zero-order chi connectivity index (χ0) is 15.3. The number of carbonyl (C=O) groups excluding carboxylic acids is 1. The summed E-state index contributed by atoms with van der Waals surface area (Å²) in [6, 6.07) is -1.36. The maximum Gasteiger partial charge on any atom is 0.327 e. The highest BCUT2D eigenvalue weighted by Gasteiger charge is 2.34. The van der Waals surface area contributed by atoms with E-state index >= 15 is 0 Å². The molecule has 1 fully saturated rings. The fraction of sp³-hybridized carbons (Fsp3) is 0.846. The van der Waals surface area contributed by atoms with Crippen LogP contribution in [0.4, 0.5) is 0 Å². The third-order valence-electron chi connectivity index (χ3n) is 3.95. The van der Waals surface area contributed by atoms with Crippen molar-refractivity contribution in [2.75, 3.05) is 5.75 Å². The van der Waals surface area contributed by atoms with E-state index in [9.17, 15) is 18.0 Å². The number of amides is 1. The Bertz CT molecular complexity index is 451. The van der Waals surface area contributed by atoms with Crippen LogP contribution in [-0.2, 0) is 19.4 Å². The molecule has 0 aliphatic heterocycles. The van der Waals surface area contributed by atoms with Crippen LogP contribution in [0.2, 0.25) is 0 Å². The van der Waals surface area contributed by atoms with Gasteiger partial charge < -0.3 is 10.4 Å². The Morgan fingerprint density at radius 1 is 1.25 bits per heavy atom. The Balaban J connectivity index is 2.68. The molecule has 0 aromatic carbocycles. The van der Waals surface area contributed by atoms with Crippen molar-refractivity contribution in [1.82, 2.24) is 5.32 Å². The van der Waals surface area contributed by atoms with Gasteiger partial charge in [0.25, 0.3) is 0 Å². The average Bonchev–Trinajstić information content (AvgIpc) is 2.37. The van der Waals surface area contributed by atoms with Crippen molar-refractivity contribution < 1.29 is 23.1 Å². The molecule has 0 radical (unpaired) electrons. The molecule has 7 heteroatoms. The van der Waals surface area contributed by atoms with E-state index in [2.05, 4.69) is 12.2 Å². The maximum atomic E-state index is 12.3. The van der Waals surface area contributed by atoms with E-state index in [1.54, 1.807) is 0 Å². The van der Waals surface area contributed by atoms with Crippen molar-refractivity contribution in [2.24, 2.45) is 5.92 Å². The van der Waals surface area contributed by atoms with Crippen molar-refractivity contribution in [3.63, 3.8) is 0 Å². The van der Waals surface area contributed by atoms with Gasteiger partial charge in [0.2, 0.25) is 5.91 Å². The Labute approximate surface area is 119 Å². The summed E-state index contributed by atoms with van der Waals surface area (Å²) in [5.41, 5.74) is 0. The second-order valence-electron chi connectivity index (χ2n) is 5.47. The lowest BCUT2D eigenvalue weighted by Gasteiger charge is -2.28. The van der Waals surface area contributed by atoms with Crippen LogP contribution in [0.25, 0.3) is 0 Å². The lowest BCUT2D eigenvalue weighted by atomic mass is 9.87. The number of hydrogen-bond acceptors (Lipinski definition) is 4. The molecule has 116 valence electrons. The molecule has 1 amide bonds. The fourth-order valence-corrected chi connectivity index (χ4v) is 4.64. The van der Waals surface area contributed by atoms with Gasteiger partial charge in [-0.05, 0) is 31.6 Å². The molecule has 1 aliphatic carbocycles. The highest BCUT2D eigenvalue weighted by atomic mass is 32.2. The summed E-state index contributed by atoms with van der Waals surface area (Å²) in [6.45, 7) is 3.27. The van der Waals surface area contributed by atoms with E-state index in [4.69, 9.17) is 5.11 Å². The van der Waals surface area contributed by atoms with Crippen LogP contribution in [0, 0.1) is 5.92 Å². The third kappa shape index (κ3) is 4.77. The lowest BCUT2D eigenvalue weighted by molar-refractivity contribution is -0.140. The van der Waals surface area contributed by atoms with Crippen molar-refractivity contribution in [3.05, 3.63) is 0 Å². The van der Waals surface area contributed by atoms with Crippen LogP contribution >= 0.6 is 0 Å². The van der Waals surface area contributed by atoms with Crippen molar-refractivity contribution >= 4 is 21.7 Å². The monoisotopic (exact) mass is 305 g/mol. The van der Waals surface area contributed by atoms with Gasteiger partial charge in [0.05, 0.1) is 11.0 Å². The molecule has 1 saturated carbocycles. The molecule has 0 saturated heterocycles. The summed E-state index contributed by atoms with van der Waals surface area (Å²) in [6.07, 6.45) is 3.98. The molecule has 1 atom stereocenters. The van der Waals surface area contributed by atoms with Crippen LogP contribution in [0.3, 0.4) is 0 Å². The minimum atomic E-state index is -3.50. The van der Waals surface area contributed by atoms with Gasteiger partial charge in [-0.3, -0.25) is 4.79 Å². The van der Waals surface area contributed by atoms with E-state index in [-0.39, 0.29) is 0 Å². The zero-order valence-corrected chi connectivity index (χ0v) is 12.8. The van der Waals surface area contributed by atoms with Gasteiger partial charge in [-0.1, -0.05) is 13.3 Å². The summed E-state index contributed by atoms with van der Waals surface area (Å²) in [4.78, 5) is 21.9. The van der Waals surface area contributed by atoms with Gasteiger partial charge in [0, 0.05) is 6.92 Å². The number of nitrogens with one attached hydrogen (secondary N) is 1. The average molecular weight is 305 g/mol. The van der Waals surface area contributed by atoms with Gasteiger partial charge in [-0.15, -0.1) is 0 Å². The van der Waals surface area contributed by atoms with E-state index in [0.717, 1.165) is 19.3 Å². The molecule has 6 nitrogen and oxygen atoms in total. The van der Waals surface area contributed by atoms with Crippen molar-refractivity contribution in [1.29, 1.82) is 0 Å². The minimum Gasteiger partial charge on any atom is -0.480 e. The summed E-state index contributed by atoms with van der Waals surface area (Å²) < 4.78 is 24.5. The first-order chi connectivity index (χ1) is 9.26. The standard InChI is InChI=1S/C13H23NO5S/c1-3-10-4-6-11(7-5-10)20(18,19)8-12(13(16)17)14-9(2)15/h10-12H,3-8H2,1-2H3,(H,14,15)(H,16,17). The van der Waals surface area contributed by atoms with E-state index in [1.165, 1.54) is 6.92 Å². The normalized spacial score (nSPS) is 24.9. The molecule has 0 heterocycles. The van der Waals surface area contributed by atoms with Gasteiger partial charge in [0.15, 0.2) is 9.84 Å². The second kappa shape index (κ2) is 7.06. The summed E-state index contributed by atoms with van der Waals surface area (Å²) in [5, 5.41) is 10.7. The Morgan fingerprint density at radius 3 is 2.20 bits per heavy atom. The van der Waals surface area contributed by atoms with Crippen LogP contribution in [-0.4, -0.2) is 42.4 Å². The summed E-state index contributed by atoms with van der Waals surface area (Å²) in [5.74, 6) is -1.80. The van der Waals surface area contributed by atoms with E-state index in [0.29, 0.717) is 18.8 Å². The number of rotatable bonds is 6. The Kier molecular flexibility index (Phi) is 5.98. The molecular weight excluding hydrogens is 282 g/mol. The topological polar surface area (TPSA) is 101 Å². The molecule has 0 spiro atoms. The number of hydrogen-bond donors (Lipinski definition) is 2. The first-order valence-corrected chi connectivity index (χ1v) is 8.69. The maximum absolute atomic E-state index is 12.3. The molecule has 2 N–H and O–H groups in total.